The molecule has 0 aliphatic carbocycles. The molecule has 2 aliphatic heterocycles. The first-order valence-corrected chi connectivity index (χ1v) is 15.5. The summed E-state index contributed by atoms with van der Waals surface area (Å²) in [6.07, 6.45) is 3.44. The molecule has 0 saturated carbocycles. The third-order valence-corrected chi connectivity index (χ3v) is 7.84. The van der Waals surface area contributed by atoms with Gasteiger partial charge in [-0.25, -0.2) is 4.79 Å². The molecule has 4 amide bonds. The van der Waals surface area contributed by atoms with Crippen molar-refractivity contribution in [3.63, 3.8) is 0 Å². The summed E-state index contributed by atoms with van der Waals surface area (Å²) in [7, 11) is 0. The van der Waals surface area contributed by atoms with Gasteiger partial charge in [-0.1, -0.05) is 13.8 Å². The molecule has 0 aromatic rings. The maximum Gasteiger partial charge on any atom is 0.326 e. The second-order valence-corrected chi connectivity index (χ2v) is 12.0. The fourth-order valence-electron chi connectivity index (χ4n) is 5.65. The van der Waals surface area contributed by atoms with Crippen molar-refractivity contribution >= 4 is 41.5 Å². The molecule has 17 nitrogen and oxygen atoms in total. The third-order valence-electron chi connectivity index (χ3n) is 7.84. The number of carboxylic acid groups (broad SMARTS) is 1. The zero-order chi connectivity index (χ0) is 33.7. The second-order valence-electron chi connectivity index (χ2n) is 12.0. The Morgan fingerprint density at radius 3 is 1.71 bits per heavy atom. The number of aliphatic imine (C=N–C) groups is 2. The van der Waals surface area contributed by atoms with E-state index in [4.69, 9.17) is 28.7 Å². The first kappa shape index (κ1) is 37.0. The molecule has 0 radical (unpaired) electrons. The van der Waals surface area contributed by atoms with Crippen molar-refractivity contribution in [3.8, 4) is 0 Å². The van der Waals surface area contributed by atoms with Gasteiger partial charge in [-0.05, 0) is 63.7 Å². The van der Waals surface area contributed by atoms with Gasteiger partial charge in [0, 0.05) is 26.2 Å². The minimum absolute atomic E-state index is 0.0267. The van der Waals surface area contributed by atoms with Gasteiger partial charge >= 0.3 is 5.97 Å². The van der Waals surface area contributed by atoms with E-state index in [2.05, 4.69) is 20.6 Å². The summed E-state index contributed by atoms with van der Waals surface area (Å²) in [6, 6.07) is -4.67. The number of rotatable bonds is 17. The summed E-state index contributed by atoms with van der Waals surface area (Å²) < 4.78 is 0. The van der Waals surface area contributed by atoms with Crippen LogP contribution in [0.2, 0.25) is 0 Å². The van der Waals surface area contributed by atoms with Crippen LogP contribution in [0.5, 0.6) is 0 Å². The number of likely N-dealkylation sites (tertiary alicyclic amines) is 2. The van der Waals surface area contributed by atoms with Gasteiger partial charge in [0.25, 0.3) is 0 Å². The molecule has 45 heavy (non-hydrogen) atoms. The van der Waals surface area contributed by atoms with Crippen LogP contribution in [0.25, 0.3) is 0 Å². The minimum atomic E-state index is -1.15. The SMILES string of the molecule is CC(C)CC(NC(=O)C1CCCN1C(=O)C(CCCN=C(N)N)NC(=O)C1CCCN1C(=O)C(N)CCCN=C(N)N)C(=O)O. The maximum atomic E-state index is 13.9. The van der Waals surface area contributed by atoms with Gasteiger partial charge < -0.3 is 54.2 Å². The highest BCUT2D eigenvalue weighted by Crippen LogP contribution is 2.23. The number of nitrogens with two attached hydrogens (primary N) is 5. The minimum Gasteiger partial charge on any atom is -0.480 e. The van der Waals surface area contributed by atoms with E-state index in [1.807, 2.05) is 13.8 Å². The van der Waals surface area contributed by atoms with Gasteiger partial charge in [-0.3, -0.25) is 29.2 Å². The van der Waals surface area contributed by atoms with E-state index in [0.29, 0.717) is 58.0 Å². The Morgan fingerprint density at radius 1 is 0.778 bits per heavy atom. The van der Waals surface area contributed by atoms with Crippen LogP contribution in [0.15, 0.2) is 9.98 Å². The fourth-order valence-corrected chi connectivity index (χ4v) is 5.65. The van der Waals surface area contributed by atoms with Gasteiger partial charge in [0.2, 0.25) is 23.6 Å². The summed E-state index contributed by atoms with van der Waals surface area (Å²) in [6.45, 7) is 4.85. The van der Waals surface area contributed by atoms with Crippen LogP contribution in [0, 0.1) is 5.92 Å². The molecular formula is C28H51N11O6. The number of carboxylic acids is 1. The number of hydrogen-bond acceptors (Lipinski definition) is 8. The number of hydrogen-bond donors (Lipinski definition) is 8. The summed E-state index contributed by atoms with van der Waals surface area (Å²) in [5.74, 6) is -3.20. The molecule has 17 heteroatoms. The van der Waals surface area contributed by atoms with Crippen LogP contribution in [0.1, 0.15) is 71.6 Å². The number of guanidine groups is 2. The van der Waals surface area contributed by atoms with Crippen molar-refractivity contribution in [3.05, 3.63) is 0 Å². The number of nitrogens with one attached hydrogen (secondary N) is 2. The molecule has 2 saturated heterocycles. The van der Waals surface area contributed by atoms with E-state index < -0.39 is 53.9 Å². The first-order valence-electron chi connectivity index (χ1n) is 15.5. The summed E-state index contributed by atoms with van der Waals surface area (Å²) in [5.41, 5.74) is 27.6. The maximum absolute atomic E-state index is 13.9. The lowest BCUT2D eigenvalue weighted by molar-refractivity contribution is -0.145. The van der Waals surface area contributed by atoms with Crippen LogP contribution >= 0.6 is 0 Å². The van der Waals surface area contributed by atoms with Crippen LogP contribution in [-0.2, 0) is 24.0 Å². The molecule has 2 aliphatic rings. The molecule has 2 fully saturated rings. The van der Waals surface area contributed by atoms with Gasteiger partial charge in [0.05, 0.1) is 6.04 Å². The zero-order valence-electron chi connectivity index (χ0n) is 26.3. The molecule has 0 aromatic heterocycles. The Balaban J connectivity index is 2.16. The third kappa shape index (κ3) is 11.7. The predicted molar refractivity (Wildman–Crippen MR) is 168 cm³/mol. The molecule has 5 unspecified atom stereocenters. The zero-order valence-corrected chi connectivity index (χ0v) is 26.3. The highest BCUT2D eigenvalue weighted by Gasteiger charge is 2.41. The smallest absolute Gasteiger partial charge is 0.326 e. The second kappa shape index (κ2) is 18.0. The fraction of sp³-hybridized carbons (Fsp3) is 0.750. The average Bonchev–Trinajstić information content (AvgIpc) is 3.65. The molecular weight excluding hydrogens is 586 g/mol. The van der Waals surface area contributed by atoms with Crippen molar-refractivity contribution in [1.29, 1.82) is 0 Å². The number of carbonyl (C=O) groups is 5. The Hall–Kier alpha value is -4.15. The van der Waals surface area contributed by atoms with Gasteiger partial charge in [-0.15, -0.1) is 0 Å². The van der Waals surface area contributed by atoms with E-state index >= 15 is 0 Å². The van der Waals surface area contributed by atoms with Crippen LogP contribution in [0.3, 0.4) is 0 Å². The lowest BCUT2D eigenvalue weighted by atomic mass is 10.0. The molecule has 0 bridgehead atoms. The number of carbonyl (C=O) groups excluding carboxylic acids is 4. The lowest BCUT2D eigenvalue weighted by Gasteiger charge is -2.31. The van der Waals surface area contributed by atoms with Crippen LogP contribution in [0.4, 0.5) is 0 Å². The largest absolute Gasteiger partial charge is 0.480 e. The summed E-state index contributed by atoms with van der Waals surface area (Å²) in [5, 5.41) is 15.0. The standard InChI is InChI=1S/C28H51N11O6/c1-16(2)15-19(26(44)45)37-23(41)21-10-6-14-39(21)25(43)18(8-4-12-35-28(32)33)36-22(40)20-9-5-13-38(20)24(42)17(29)7-3-11-34-27(30)31/h16-21H,3-15,29H2,1-2H3,(H,36,40)(H,37,41)(H,44,45)(H4,30,31,34)(H4,32,33,35). The number of amides is 4. The van der Waals surface area contributed by atoms with Crippen LogP contribution in [-0.4, -0.2) is 113 Å². The Labute approximate surface area is 263 Å². The van der Waals surface area contributed by atoms with Crippen molar-refractivity contribution in [2.24, 2.45) is 44.6 Å². The van der Waals surface area contributed by atoms with Crippen molar-refractivity contribution in [2.45, 2.75) is 102 Å². The van der Waals surface area contributed by atoms with Gasteiger partial charge in [0.1, 0.15) is 24.2 Å². The van der Waals surface area contributed by atoms with Crippen molar-refractivity contribution in [2.75, 3.05) is 26.2 Å². The summed E-state index contributed by atoms with van der Waals surface area (Å²) >= 11 is 0. The van der Waals surface area contributed by atoms with E-state index in [0.717, 1.165) is 0 Å². The Morgan fingerprint density at radius 2 is 1.24 bits per heavy atom. The molecule has 2 heterocycles. The van der Waals surface area contributed by atoms with Crippen LogP contribution < -0.4 is 39.3 Å². The molecule has 2 rings (SSSR count). The van der Waals surface area contributed by atoms with Gasteiger partial charge in [0.15, 0.2) is 11.9 Å². The predicted octanol–water partition coefficient (Wildman–Crippen LogP) is -2.50. The lowest BCUT2D eigenvalue weighted by Crippen LogP contribution is -2.58. The molecule has 254 valence electrons. The highest BCUT2D eigenvalue weighted by molar-refractivity contribution is 5.96. The first-order chi connectivity index (χ1) is 21.2. The molecule has 0 aromatic carbocycles. The Bertz CT molecular complexity index is 1110. The monoisotopic (exact) mass is 637 g/mol. The number of aliphatic carboxylic acids is 1. The topological polar surface area (TPSA) is 291 Å². The van der Waals surface area contributed by atoms with Crippen molar-refractivity contribution < 1.29 is 29.1 Å². The van der Waals surface area contributed by atoms with E-state index in [-0.39, 0.29) is 49.7 Å². The Kier molecular flexibility index (Phi) is 14.8. The number of nitrogens with zero attached hydrogens (tertiary/aromatic N) is 4. The summed E-state index contributed by atoms with van der Waals surface area (Å²) in [4.78, 5) is 76.1. The molecule has 13 N–H and O–H groups in total. The molecule has 0 spiro atoms. The van der Waals surface area contributed by atoms with E-state index in [9.17, 15) is 29.1 Å². The van der Waals surface area contributed by atoms with Gasteiger partial charge in [-0.2, -0.15) is 0 Å². The highest BCUT2D eigenvalue weighted by atomic mass is 16.4. The molecule has 5 atom stereocenters. The normalized spacial score (nSPS) is 19.8. The quantitative estimate of drug-likeness (QED) is 0.0468. The van der Waals surface area contributed by atoms with E-state index in [1.54, 1.807) is 0 Å². The van der Waals surface area contributed by atoms with E-state index in [1.165, 1.54) is 9.80 Å². The average molecular weight is 638 g/mol. The van der Waals surface area contributed by atoms with Crippen molar-refractivity contribution in [1.82, 2.24) is 20.4 Å².